The Morgan fingerprint density at radius 1 is 1.30 bits per heavy atom. The number of imide groups is 1. The number of aryl methyl sites for hydroxylation is 1. The van der Waals surface area contributed by atoms with Gasteiger partial charge in [-0.25, -0.2) is 19.6 Å². The van der Waals surface area contributed by atoms with E-state index in [1.165, 1.54) is 13.2 Å². The van der Waals surface area contributed by atoms with Crippen LogP contribution in [-0.2, 0) is 9.53 Å². The molecule has 144 valence electrons. The Morgan fingerprint density at radius 3 is 2.70 bits per heavy atom. The minimum atomic E-state index is -0.671. The normalized spacial score (nSPS) is 10.5. The molecule has 2 aromatic heterocycles. The standard InChI is InChI=1S/C16H19N5O5S/c1-4-5-17-15(25)19-10(22)7-27-16-20-12-11(13(23)21-16)9(14(24)26-3)6-8(2)18-12/h6H,4-5,7H2,1-3H3,(H2,17,19,22,25)(H,18,20,21,23). The van der Waals surface area contributed by atoms with Gasteiger partial charge in [0.05, 0.1) is 23.8 Å². The topological polar surface area (TPSA) is 143 Å². The largest absolute Gasteiger partial charge is 0.465 e. The first-order chi connectivity index (χ1) is 12.8. The lowest BCUT2D eigenvalue weighted by molar-refractivity contribution is -0.117. The molecule has 0 aliphatic rings. The lowest BCUT2D eigenvalue weighted by Crippen LogP contribution is -2.40. The van der Waals surface area contributed by atoms with Gasteiger partial charge in [0.15, 0.2) is 10.8 Å². The van der Waals surface area contributed by atoms with Gasteiger partial charge in [0.25, 0.3) is 5.56 Å². The number of hydrogen-bond donors (Lipinski definition) is 3. The van der Waals surface area contributed by atoms with Crippen molar-refractivity contribution in [3.63, 3.8) is 0 Å². The van der Waals surface area contributed by atoms with Crippen LogP contribution in [0.3, 0.4) is 0 Å². The van der Waals surface area contributed by atoms with E-state index in [0.29, 0.717) is 12.2 Å². The van der Waals surface area contributed by atoms with Crippen LogP contribution in [0.1, 0.15) is 29.4 Å². The highest BCUT2D eigenvalue weighted by atomic mass is 32.2. The number of methoxy groups -OCH3 is 1. The maximum absolute atomic E-state index is 12.4. The van der Waals surface area contributed by atoms with Gasteiger partial charge in [-0.05, 0) is 19.4 Å². The molecule has 0 aromatic carbocycles. The van der Waals surface area contributed by atoms with Crippen molar-refractivity contribution in [3.8, 4) is 0 Å². The number of urea groups is 1. The molecule has 2 heterocycles. The van der Waals surface area contributed by atoms with Crippen LogP contribution in [0.5, 0.6) is 0 Å². The fourth-order valence-corrected chi connectivity index (χ4v) is 2.82. The van der Waals surface area contributed by atoms with Crippen LogP contribution in [-0.4, -0.2) is 52.3 Å². The molecule has 0 fully saturated rings. The highest BCUT2D eigenvalue weighted by Gasteiger charge is 2.18. The molecule has 0 bridgehead atoms. The maximum Gasteiger partial charge on any atom is 0.338 e. The average molecular weight is 393 g/mol. The summed E-state index contributed by atoms with van der Waals surface area (Å²) in [5.74, 6) is -1.34. The van der Waals surface area contributed by atoms with E-state index in [4.69, 9.17) is 0 Å². The van der Waals surface area contributed by atoms with Gasteiger partial charge in [0, 0.05) is 12.2 Å². The number of hydrogen-bond acceptors (Lipinski definition) is 8. The number of amides is 3. The molecule has 27 heavy (non-hydrogen) atoms. The van der Waals surface area contributed by atoms with Gasteiger partial charge < -0.3 is 15.0 Å². The smallest absolute Gasteiger partial charge is 0.338 e. The lowest BCUT2D eigenvalue weighted by atomic mass is 10.1. The minimum Gasteiger partial charge on any atom is -0.465 e. The Hall–Kier alpha value is -2.95. The van der Waals surface area contributed by atoms with E-state index < -0.39 is 23.5 Å². The molecular weight excluding hydrogens is 374 g/mol. The number of nitrogens with zero attached hydrogens (tertiary/aromatic N) is 2. The average Bonchev–Trinajstić information content (AvgIpc) is 2.63. The van der Waals surface area contributed by atoms with E-state index in [9.17, 15) is 19.2 Å². The number of carbonyl (C=O) groups is 3. The van der Waals surface area contributed by atoms with Crippen LogP contribution in [0, 0.1) is 6.92 Å². The molecule has 2 rings (SSSR count). The molecule has 0 saturated carbocycles. The van der Waals surface area contributed by atoms with Crippen LogP contribution < -0.4 is 16.2 Å². The molecule has 0 saturated heterocycles. The second-order valence-electron chi connectivity index (χ2n) is 5.47. The predicted octanol–water partition coefficient (Wildman–Crippen LogP) is 0.741. The third kappa shape index (κ3) is 5.26. The summed E-state index contributed by atoms with van der Waals surface area (Å²) < 4.78 is 4.69. The molecule has 0 aliphatic heterocycles. The van der Waals surface area contributed by atoms with Crippen LogP contribution in [0.15, 0.2) is 16.0 Å². The van der Waals surface area contributed by atoms with Gasteiger partial charge in [-0.2, -0.15) is 0 Å². The summed E-state index contributed by atoms with van der Waals surface area (Å²) in [6, 6.07) is 0.864. The Balaban J connectivity index is 2.19. The lowest BCUT2D eigenvalue weighted by Gasteiger charge is -2.07. The van der Waals surface area contributed by atoms with E-state index in [1.54, 1.807) is 6.92 Å². The Labute approximate surface area is 158 Å². The summed E-state index contributed by atoms with van der Waals surface area (Å²) in [6.07, 6.45) is 0.749. The van der Waals surface area contributed by atoms with E-state index in [2.05, 4.69) is 30.3 Å². The number of esters is 1. The van der Waals surface area contributed by atoms with Gasteiger partial charge >= 0.3 is 12.0 Å². The van der Waals surface area contributed by atoms with E-state index in [0.717, 1.165) is 18.2 Å². The van der Waals surface area contributed by atoms with Crippen LogP contribution in [0.4, 0.5) is 4.79 Å². The summed E-state index contributed by atoms with van der Waals surface area (Å²) in [4.78, 5) is 58.3. The zero-order valence-electron chi connectivity index (χ0n) is 15.0. The van der Waals surface area contributed by atoms with Crippen LogP contribution >= 0.6 is 11.8 Å². The third-order valence-corrected chi connectivity index (χ3v) is 4.19. The zero-order chi connectivity index (χ0) is 20.0. The zero-order valence-corrected chi connectivity index (χ0v) is 15.9. The molecule has 3 N–H and O–H groups in total. The molecular formula is C16H19N5O5S. The highest BCUT2D eigenvalue weighted by molar-refractivity contribution is 7.99. The fraction of sp³-hybridized carbons (Fsp3) is 0.375. The summed E-state index contributed by atoms with van der Waals surface area (Å²) in [7, 11) is 1.21. The van der Waals surface area contributed by atoms with Crippen molar-refractivity contribution in [1.82, 2.24) is 25.6 Å². The van der Waals surface area contributed by atoms with Gasteiger partial charge in [-0.3, -0.25) is 14.9 Å². The number of carbonyl (C=O) groups excluding carboxylic acids is 3. The second kappa shape index (κ2) is 9.12. The summed E-state index contributed by atoms with van der Waals surface area (Å²) in [6.45, 7) is 4.00. The molecule has 3 amide bonds. The van der Waals surface area contributed by atoms with Crippen LogP contribution in [0.25, 0.3) is 11.0 Å². The van der Waals surface area contributed by atoms with Gasteiger partial charge in [-0.15, -0.1) is 0 Å². The maximum atomic E-state index is 12.4. The second-order valence-corrected chi connectivity index (χ2v) is 6.43. The first kappa shape index (κ1) is 20.4. The molecule has 0 spiro atoms. The van der Waals surface area contributed by atoms with Crippen molar-refractivity contribution in [1.29, 1.82) is 0 Å². The molecule has 11 heteroatoms. The number of thioether (sulfide) groups is 1. The van der Waals surface area contributed by atoms with Gasteiger partial charge in [0.1, 0.15) is 0 Å². The van der Waals surface area contributed by atoms with Crippen molar-refractivity contribution >= 4 is 40.7 Å². The molecule has 0 radical (unpaired) electrons. The number of fused-ring (bicyclic) bond motifs is 1. The number of nitrogens with one attached hydrogen (secondary N) is 3. The predicted molar refractivity (Wildman–Crippen MR) is 98.8 cm³/mol. The van der Waals surface area contributed by atoms with Gasteiger partial charge in [-0.1, -0.05) is 18.7 Å². The summed E-state index contributed by atoms with van der Waals surface area (Å²) >= 11 is 0.934. The minimum absolute atomic E-state index is 0.0141. The van der Waals surface area contributed by atoms with Crippen molar-refractivity contribution in [2.75, 3.05) is 19.4 Å². The number of H-pyrrole nitrogens is 1. The van der Waals surface area contributed by atoms with Crippen LogP contribution in [0.2, 0.25) is 0 Å². The Bertz CT molecular complexity index is 943. The number of pyridine rings is 1. The Morgan fingerprint density at radius 2 is 2.04 bits per heavy atom. The molecule has 0 unspecified atom stereocenters. The number of aromatic amines is 1. The first-order valence-electron chi connectivity index (χ1n) is 8.06. The molecule has 10 nitrogen and oxygen atoms in total. The summed E-state index contributed by atoms with van der Waals surface area (Å²) in [5, 5.41) is 4.85. The van der Waals surface area contributed by atoms with Gasteiger partial charge in [0.2, 0.25) is 5.91 Å². The van der Waals surface area contributed by atoms with Crippen molar-refractivity contribution in [2.24, 2.45) is 0 Å². The van der Waals surface area contributed by atoms with E-state index >= 15 is 0 Å². The number of ether oxygens (including phenoxy) is 1. The highest BCUT2D eigenvalue weighted by Crippen LogP contribution is 2.17. The van der Waals surface area contributed by atoms with E-state index in [-0.39, 0.29) is 27.5 Å². The monoisotopic (exact) mass is 393 g/mol. The quantitative estimate of drug-likeness (QED) is 0.370. The van der Waals surface area contributed by atoms with Crippen molar-refractivity contribution in [3.05, 3.63) is 27.7 Å². The SMILES string of the molecule is CCCNC(=O)NC(=O)CSc1nc2nc(C)cc(C(=O)OC)c2c(=O)[nH]1. The molecule has 0 atom stereocenters. The number of aromatic nitrogens is 3. The fourth-order valence-electron chi connectivity index (χ4n) is 2.16. The van der Waals surface area contributed by atoms with E-state index in [1.807, 2.05) is 6.92 Å². The summed E-state index contributed by atoms with van der Waals surface area (Å²) in [5.41, 5.74) is 0.0529. The Kier molecular flexibility index (Phi) is 6.88. The van der Waals surface area contributed by atoms with Crippen molar-refractivity contribution < 1.29 is 19.1 Å². The molecule has 2 aromatic rings. The number of rotatable bonds is 6. The molecule has 0 aliphatic carbocycles. The first-order valence-corrected chi connectivity index (χ1v) is 9.04. The van der Waals surface area contributed by atoms with Crippen molar-refractivity contribution in [2.45, 2.75) is 25.4 Å². The third-order valence-electron chi connectivity index (χ3n) is 3.32.